The molecule has 1 atom stereocenters. The zero-order chi connectivity index (χ0) is 19.8. The fraction of sp³-hybridized carbons (Fsp3) is 0.238. The summed E-state index contributed by atoms with van der Waals surface area (Å²) in [6, 6.07) is 9.98. The number of benzene rings is 2. The summed E-state index contributed by atoms with van der Waals surface area (Å²) in [4.78, 5) is 27.8. The van der Waals surface area contributed by atoms with Crippen molar-refractivity contribution in [2.45, 2.75) is 12.5 Å². The number of carbonyl (C=O) groups is 1. The van der Waals surface area contributed by atoms with Gasteiger partial charge in [0.2, 0.25) is 5.76 Å². The molecule has 1 aromatic heterocycles. The predicted molar refractivity (Wildman–Crippen MR) is 100 cm³/mol. The lowest BCUT2D eigenvalue weighted by atomic mass is 9.97. The monoisotopic (exact) mass is 383 g/mol. The van der Waals surface area contributed by atoms with E-state index in [9.17, 15) is 19.1 Å². The molecule has 3 aromatic rings. The van der Waals surface area contributed by atoms with Gasteiger partial charge in [0.25, 0.3) is 5.91 Å². The summed E-state index contributed by atoms with van der Waals surface area (Å²) in [6.07, 6.45) is 0.341. The highest BCUT2D eigenvalue weighted by Crippen LogP contribution is 2.41. The maximum atomic E-state index is 13.7. The summed E-state index contributed by atoms with van der Waals surface area (Å²) in [6.45, 7) is 0.125. The van der Waals surface area contributed by atoms with Crippen LogP contribution < -0.4 is 10.2 Å². The molecule has 0 bridgehead atoms. The van der Waals surface area contributed by atoms with Crippen molar-refractivity contribution in [1.29, 1.82) is 0 Å². The molecule has 7 heteroatoms. The van der Waals surface area contributed by atoms with E-state index in [1.165, 1.54) is 24.1 Å². The summed E-state index contributed by atoms with van der Waals surface area (Å²) >= 11 is 0. The van der Waals surface area contributed by atoms with Gasteiger partial charge >= 0.3 is 0 Å². The first-order valence-corrected chi connectivity index (χ1v) is 8.87. The van der Waals surface area contributed by atoms with E-state index in [1.54, 1.807) is 24.3 Å². The maximum Gasteiger partial charge on any atom is 0.290 e. The van der Waals surface area contributed by atoms with Crippen LogP contribution in [0.25, 0.3) is 11.0 Å². The highest BCUT2D eigenvalue weighted by atomic mass is 19.1. The fourth-order valence-corrected chi connectivity index (χ4v) is 3.68. The third-order valence-electron chi connectivity index (χ3n) is 4.92. The van der Waals surface area contributed by atoms with Gasteiger partial charge in [-0.05, 0) is 30.7 Å². The number of carbonyl (C=O) groups excluding carboxylic acids is 1. The van der Waals surface area contributed by atoms with Gasteiger partial charge in [0.05, 0.1) is 24.1 Å². The number of aliphatic hydroxyl groups excluding tert-OH is 1. The van der Waals surface area contributed by atoms with Crippen molar-refractivity contribution in [2.24, 2.45) is 0 Å². The molecule has 0 aliphatic carbocycles. The van der Waals surface area contributed by atoms with Crippen molar-refractivity contribution >= 4 is 16.9 Å². The third kappa shape index (κ3) is 2.75. The zero-order valence-electron chi connectivity index (χ0n) is 15.1. The molecule has 0 fully saturated rings. The van der Waals surface area contributed by atoms with E-state index < -0.39 is 23.2 Å². The van der Waals surface area contributed by atoms with Gasteiger partial charge in [0, 0.05) is 18.7 Å². The summed E-state index contributed by atoms with van der Waals surface area (Å²) < 4.78 is 24.9. The van der Waals surface area contributed by atoms with Gasteiger partial charge in [0.1, 0.15) is 17.1 Å². The molecule has 0 radical (unpaired) electrons. The van der Waals surface area contributed by atoms with Gasteiger partial charge in [-0.3, -0.25) is 9.59 Å². The van der Waals surface area contributed by atoms with Crippen LogP contribution in [0.4, 0.5) is 4.39 Å². The minimum Gasteiger partial charge on any atom is -0.496 e. The molecule has 0 saturated carbocycles. The second kappa shape index (κ2) is 7.09. The minimum absolute atomic E-state index is 0.0574. The number of halogens is 1. The van der Waals surface area contributed by atoms with Gasteiger partial charge < -0.3 is 19.2 Å². The third-order valence-corrected chi connectivity index (χ3v) is 4.92. The average molecular weight is 383 g/mol. The number of ether oxygens (including phenoxy) is 1. The molecule has 28 heavy (non-hydrogen) atoms. The molecule has 1 aliphatic heterocycles. The van der Waals surface area contributed by atoms with Gasteiger partial charge in [-0.1, -0.05) is 18.2 Å². The fourth-order valence-electron chi connectivity index (χ4n) is 3.68. The number of nitrogens with zero attached hydrogens (tertiary/aromatic N) is 1. The maximum absolute atomic E-state index is 13.7. The predicted octanol–water partition coefficient (Wildman–Crippen LogP) is 2.87. The number of hydrogen-bond donors (Lipinski definition) is 1. The Bertz CT molecular complexity index is 1120. The number of amides is 1. The van der Waals surface area contributed by atoms with Crippen LogP contribution in [0, 0.1) is 5.82 Å². The van der Waals surface area contributed by atoms with Gasteiger partial charge in [-0.25, -0.2) is 4.39 Å². The Hall–Kier alpha value is -3.19. The molecule has 0 spiro atoms. The minimum atomic E-state index is -0.742. The highest BCUT2D eigenvalue weighted by Gasteiger charge is 2.43. The Morgan fingerprint density at radius 3 is 2.75 bits per heavy atom. The van der Waals surface area contributed by atoms with Crippen LogP contribution in [-0.2, 0) is 0 Å². The zero-order valence-corrected chi connectivity index (χ0v) is 15.1. The Morgan fingerprint density at radius 1 is 1.21 bits per heavy atom. The van der Waals surface area contributed by atoms with Gasteiger partial charge in [-0.2, -0.15) is 0 Å². The first kappa shape index (κ1) is 18.2. The van der Waals surface area contributed by atoms with Crippen molar-refractivity contribution in [1.82, 2.24) is 4.90 Å². The van der Waals surface area contributed by atoms with E-state index in [4.69, 9.17) is 9.15 Å². The standard InChI is InChI=1S/C21H18FNO5/c1-27-15-6-3-2-5-13(15)18-17-19(25)14-11-12(22)7-8-16(14)28-20(17)21(26)23(18)9-4-10-24/h2-3,5-8,11,18,24H,4,9-10H2,1H3. The number of aliphatic hydroxyl groups is 1. The van der Waals surface area contributed by atoms with Crippen molar-refractivity contribution < 1.29 is 23.4 Å². The molecular weight excluding hydrogens is 365 g/mol. The van der Waals surface area contributed by atoms with Crippen LogP contribution in [0.1, 0.15) is 34.1 Å². The molecule has 1 amide bonds. The lowest BCUT2D eigenvalue weighted by Gasteiger charge is -2.26. The normalized spacial score (nSPS) is 15.9. The summed E-state index contributed by atoms with van der Waals surface area (Å²) in [5.41, 5.74) is 0.483. The van der Waals surface area contributed by atoms with Crippen LogP contribution in [0.3, 0.4) is 0 Å². The average Bonchev–Trinajstić information content (AvgIpc) is 2.99. The molecular formula is C21H18FNO5. The highest BCUT2D eigenvalue weighted by molar-refractivity contribution is 5.99. The Balaban J connectivity index is 2.00. The topological polar surface area (TPSA) is 80.0 Å². The van der Waals surface area contributed by atoms with Crippen LogP contribution in [0.5, 0.6) is 5.75 Å². The van der Waals surface area contributed by atoms with E-state index >= 15 is 0 Å². The van der Waals surface area contributed by atoms with Gasteiger partial charge in [-0.15, -0.1) is 0 Å². The number of methoxy groups -OCH3 is 1. The summed E-state index contributed by atoms with van der Waals surface area (Å²) in [5.74, 6) is -0.545. The van der Waals surface area contributed by atoms with Crippen molar-refractivity contribution in [3.05, 3.63) is 75.4 Å². The molecule has 1 aliphatic rings. The molecule has 1 N–H and O–H groups in total. The van der Waals surface area contributed by atoms with Crippen LogP contribution >= 0.6 is 0 Å². The van der Waals surface area contributed by atoms with Crippen LogP contribution in [0.2, 0.25) is 0 Å². The smallest absolute Gasteiger partial charge is 0.290 e. The van der Waals surface area contributed by atoms with E-state index in [0.29, 0.717) is 17.7 Å². The molecule has 0 saturated heterocycles. The quantitative estimate of drug-likeness (QED) is 0.733. The Kier molecular flexibility index (Phi) is 4.60. The molecule has 6 nitrogen and oxygen atoms in total. The van der Waals surface area contributed by atoms with Crippen LogP contribution in [0.15, 0.2) is 51.7 Å². The largest absolute Gasteiger partial charge is 0.496 e. The van der Waals surface area contributed by atoms with Crippen molar-refractivity contribution in [3.8, 4) is 5.75 Å². The first-order valence-electron chi connectivity index (χ1n) is 8.87. The molecule has 1 unspecified atom stereocenters. The lowest BCUT2D eigenvalue weighted by molar-refractivity contribution is 0.0715. The molecule has 2 aromatic carbocycles. The number of rotatable bonds is 5. The van der Waals surface area contributed by atoms with E-state index in [1.807, 2.05) is 0 Å². The van der Waals surface area contributed by atoms with Crippen molar-refractivity contribution in [3.63, 3.8) is 0 Å². The molecule has 2 heterocycles. The number of para-hydroxylation sites is 1. The van der Waals surface area contributed by atoms with E-state index in [-0.39, 0.29) is 35.4 Å². The summed E-state index contributed by atoms with van der Waals surface area (Å²) in [7, 11) is 1.51. The number of hydrogen-bond acceptors (Lipinski definition) is 5. The second-order valence-corrected chi connectivity index (χ2v) is 6.53. The first-order chi connectivity index (χ1) is 13.6. The Morgan fingerprint density at radius 2 is 2.00 bits per heavy atom. The molecule has 144 valence electrons. The second-order valence-electron chi connectivity index (χ2n) is 6.53. The van der Waals surface area contributed by atoms with Crippen LogP contribution in [-0.4, -0.2) is 36.2 Å². The lowest BCUT2D eigenvalue weighted by Crippen LogP contribution is -2.31. The SMILES string of the molecule is COc1ccccc1C1c2c(oc3ccc(F)cc3c2=O)C(=O)N1CCCO. The number of fused-ring (bicyclic) bond motifs is 2. The summed E-state index contributed by atoms with van der Waals surface area (Å²) in [5, 5.41) is 9.32. The van der Waals surface area contributed by atoms with Gasteiger partial charge in [0.15, 0.2) is 5.43 Å². The van der Waals surface area contributed by atoms with E-state index in [2.05, 4.69) is 0 Å². The Labute approximate surface area is 159 Å². The van der Waals surface area contributed by atoms with Crippen molar-refractivity contribution in [2.75, 3.05) is 20.3 Å². The molecule has 4 rings (SSSR count). The van der Waals surface area contributed by atoms with E-state index in [0.717, 1.165) is 6.07 Å².